The van der Waals surface area contributed by atoms with E-state index in [-0.39, 0.29) is 0 Å². The Morgan fingerprint density at radius 2 is 0.846 bits per heavy atom. The predicted octanol–water partition coefficient (Wildman–Crippen LogP) is 15.2. The zero-order chi connectivity index (χ0) is 38.3. The van der Waals surface area contributed by atoms with Gasteiger partial charge in [0.2, 0.25) is 0 Å². The molecule has 4 aromatic carbocycles. The summed E-state index contributed by atoms with van der Waals surface area (Å²) in [7, 11) is -3.99. The van der Waals surface area contributed by atoms with Crippen molar-refractivity contribution in [2.24, 2.45) is 0 Å². The van der Waals surface area contributed by atoms with Crippen LogP contribution in [0.2, 0.25) is 49.0 Å². The molecule has 0 unspecified atom stereocenters. The van der Waals surface area contributed by atoms with Crippen LogP contribution in [0.5, 0.6) is 0 Å². The molecule has 0 atom stereocenters. The third-order valence-electron chi connectivity index (χ3n) is 13.7. The SMILES string of the molecule is C[CH2][Ge]([CH2]C)([CH2]C)[c]1cc2cc3c(C#C[Si](C(C)C)(C(C)C)C(C)C)c4cc5ccccc5cc4c(C#C[Si](C(C)C)(C(C)C)C(C)C)c3cc2s1. The van der Waals surface area contributed by atoms with Crippen molar-refractivity contribution in [2.75, 3.05) is 0 Å². The Bertz CT molecular complexity index is 2010. The maximum absolute atomic E-state index is 4.18. The van der Waals surface area contributed by atoms with Gasteiger partial charge in [0.25, 0.3) is 0 Å². The molecule has 0 amide bonds. The topological polar surface area (TPSA) is 0 Å². The first kappa shape index (κ1) is 40.9. The third kappa shape index (κ3) is 6.80. The summed E-state index contributed by atoms with van der Waals surface area (Å²) in [6.07, 6.45) is 0. The van der Waals surface area contributed by atoms with Crippen LogP contribution < -0.4 is 3.71 Å². The number of rotatable bonds is 10. The van der Waals surface area contributed by atoms with Crippen molar-refractivity contribution in [3.05, 3.63) is 65.7 Å². The molecule has 4 heteroatoms. The zero-order valence-electron chi connectivity index (χ0n) is 35.2. The molecule has 0 saturated carbocycles. The van der Waals surface area contributed by atoms with Gasteiger partial charge in [0.05, 0.1) is 0 Å². The standard InChI is InChI=1S/C48H66GeSSi2/c1-16-49(17-2,18-3)48-30-40-29-45-41(23-25-51(32(4)5,33(6)7)34(8)9)43-27-38-21-19-20-22-39(38)28-44(43)42(46(45)31-47(40)50-48)24-26-52(35(10)11,36(12)13)37(14)15/h19-22,27-37H,16-18H2,1-15H3. The molecule has 5 aromatic rings. The average molecular weight is 804 g/mol. The van der Waals surface area contributed by atoms with E-state index in [9.17, 15) is 0 Å². The van der Waals surface area contributed by atoms with E-state index in [1.165, 1.54) is 69.3 Å². The van der Waals surface area contributed by atoms with Crippen LogP contribution >= 0.6 is 11.3 Å². The van der Waals surface area contributed by atoms with Gasteiger partial charge in [0.15, 0.2) is 0 Å². The van der Waals surface area contributed by atoms with E-state index in [1.54, 1.807) is 3.71 Å². The van der Waals surface area contributed by atoms with Gasteiger partial charge in [0, 0.05) is 0 Å². The molecule has 0 N–H and O–H groups in total. The number of hydrogen-bond donors (Lipinski definition) is 0. The first-order valence-corrected chi connectivity index (χ1v) is 31.2. The van der Waals surface area contributed by atoms with E-state index in [4.69, 9.17) is 0 Å². The van der Waals surface area contributed by atoms with Crippen molar-refractivity contribution in [3.63, 3.8) is 0 Å². The van der Waals surface area contributed by atoms with Crippen molar-refractivity contribution < 1.29 is 0 Å². The van der Waals surface area contributed by atoms with Gasteiger partial charge in [-0.15, -0.1) is 0 Å². The second kappa shape index (κ2) is 15.8. The predicted molar refractivity (Wildman–Crippen MR) is 247 cm³/mol. The van der Waals surface area contributed by atoms with E-state index in [0.29, 0.717) is 33.2 Å². The molecular formula is C48H66GeSSi2. The van der Waals surface area contributed by atoms with Gasteiger partial charge in [-0.1, -0.05) is 0 Å². The number of thiophene rings is 1. The fraction of sp³-hybridized carbons (Fsp3) is 0.500. The maximum atomic E-state index is 4.18. The fourth-order valence-corrected chi connectivity index (χ4v) is 32.5. The van der Waals surface area contributed by atoms with Crippen LogP contribution in [-0.4, -0.2) is 29.4 Å². The summed E-state index contributed by atoms with van der Waals surface area (Å²) in [6.45, 7) is 36.5. The molecule has 0 spiro atoms. The molecule has 1 heterocycles. The van der Waals surface area contributed by atoms with Gasteiger partial charge >= 0.3 is 328 Å². The summed E-state index contributed by atoms with van der Waals surface area (Å²) in [5, 5.41) is 13.1. The van der Waals surface area contributed by atoms with Gasteiger partial charge in [-0.3, -0.25) is 0 Å². The van der Waals surface area contributed by atoms with Crippen LogP contribution in [0.1, 0.15) is 115 Å². The monoisotopic (exact) mass is 804 g/mol. The minimum absolute atomic E-state index is 0.577. The second-order valence-corrected chi connectivity index (χ2v) is 41.6. The Morgan fingerprint density at radius 3 is 1.19 bits per heavy atom. The molecule has 5 rings (SSSR count). The second-order valence-electron chi connectivity index (χ2n) is 17.7. The summed E-state index contributed by atoms with van der Waals surface area (Å²) in [5.74, 6) is 8.12. The summed E-state index contributed by atoms with van der Waals surface area (Å²) >= 11 is -0.0617. The average Bonchev–Trinajstić information content (AvgIpc) is 3.51. The minimum atomic E-state index is -2.16. The number of fused-ring (bicyclic) bond motifs is 4. The van der Waals surface area contributed by atoms with Crippen LogP contribution in [0.15, 0.2) is 54.6 Å². The van der Waals surface area contributed by atoms with Crippen molar-refractivity contribution in [2.45, 2.75) is 153 Å². The molecule has 1 aromatic heterocycles. The summed E-state index contributed by atoms with van der Waals surface area (Å²) in [4.78, 5) is 0. The Labute approximate surface area is 326 Å². The van der Waals surface area contributed by atoms with Crippen molar-refractivity contribution >= 4 is 86.9 Å². The molecule has 0 aliphatic carbocycles. The molecule has 0 saturated heterocycles. The van der Waals surface area contributed by atoms with Gasteiger partial charge in [-0.05, 0) is 0 Å². The van der Waals surface area contributed by atoms with E-state index < -0.39 is 29.4 Å². The molecule has 0 radical (unpaired) electrons. The van der Waals surface area contributed by atoms with Crippen LogP contribution in [-0.2, 0) is 0 Å². The molecule has 52 heavy (non-hydrogen) atoms. The molecule has 0 bridgehead atoms. The Balaban J connectivity index is 2.05. The first-order valence-electron chi connectivity index (χ1n) is 20.5. The fourth-order valence-electron chi connectivity index (χ4n) is 10.5. The van der Waals surface area contributed by atoms with Gasteiger partial charge < -0.3 is 0 Å². The Morgan fingerprint density at radius 1 is 0.500 bits per heavy atom. The van der Waals surface area contributed by atoms with Crippen molar-refractivity contribution in [1.29, 1.82) is 0 Å². The van der Waals surface area contributed by atoms with Crippen LogP contribution in [0.4, 0.5) is 0 Å². The van der Waals surface area contributed by atoms with E-state index in [0.717, 1.165) is 0 Å². The Kier molecular flexibility index (Phi) is 12.4. The third-order valence-corrected chi connectivity index (χ3v) is 41.1. The van der Waals surface area contributed by atoms with Crippen molar-refractivity contribution in [3.8, 4) is 22.9 Å². The molecule has 0 aliphatic heterocycles. The van der Waals surface area contributed by atoms with Gasteiger partial charge in [0.1, 0.15) is 0 Å². The normalized spacial score (nSPS) is 13.1. The first-order chi connectivity index (χ1) is 24.5. The summed E-state index contributed by atoms with van der Waals surface area (Å²) < 4.78 is 3.13. The van der Waals surface area contributed by atoms with Crippen molar-refractivity contribution in [1.82, 2.24) is 0 Å². The molecule has 0 nitrogen and oxygen atoms in total. The number of hydrogen-bond acceptors (Lipinski definition) is 1. The van der Waals surface area contributed by atoms with E-state index in [2.05, 4.69) is 193 Å². The molecular weight excluding hydrogens is 737 g/mol. The van der Waals surface area contributed by atoms with Crippen LogP contribution in [0, 0.1) is 22.9 Å². The van der Waals surface area contributed by atoms with Crippen LogP contribution in [0.25, 0.3) is 42.4 Å². The summed E-state index contributed by atoms with van der Waals surface area (Å²) in [5.41, 5.74) is 14.2. The molecule has 0 aliphatic rings. The quantitative estimate of drug-likeness (QED) is 0.0749. The summed E-state index contributed by atoms with van der Waals surface area (Å²) in [6, 6.07) is 21.4. The van der Waals surface area contributed by atoms with E-state index >= 15 is 0 Å². The van der Waals surface area contributed by atoms with Gasteiger partial charge in [-0.25, -0.2) is 0 Å². The van der Waals surface area contributed by atoms with E-state index in [1.807, 2.05) is 0 Å². The molecule has 0 fully saturated rings. The van der Waals surface area contributed by atoms with Crippen LogP contribution in [0.3, 0.4) is 0 Å². The number of benzene rings is 4. The molecule has 276 valence electrons. The Hall–Kier alpha value is -2.28. The zero-order valence-corrected chi connectivity index (χ0v) is 40.1. The van der Waals surface area contributed by atoms with Gasteiger partial charge in [-0.2, -0.15) is 0 Å².